The van der Waals surface area contributed by atoms with E-state index in [-0.39, 0.29) is 0 Å². The molecule has 0 aromatic heterocycles. The Kier molecular flexibility index (Phi) is 5.63. The van der Waals surface area contributed by atoms with Crippen molar-refractivity contribution in [2.24, 2.45) is 17.6 Å². The lowest BCUT2D eigenvalue weighted by Crippen LogP contribution is -2.35. The molecule has 0 heterocycles. The van der Waals surface area contributed by atoms with Crippen molar-refractivity contribution >= 4 is 0 Å². The van der Waals surface area contributed by atoms with E-state index in [1.54, 1.807) is 7.11 Å². The number of benzene rings is 1. The zero-order chi connectivity index (χ0) is 13.7. The van der Waals surface area contributed by atoms with Crippen LogP contribution in [0.2, 0.25) is 0 Å². The number of methoxy groups -OCH3 is 1. The van der Waals surface area contributed by atoms with Gasteiger partial charge < -0.3 is 15.4 Å². The molecule has 2 N–H and O–H groups in total. The summed E-state index contributed by atoms with van der Waals surface area (Å²) in [6.07, 6.45) is 0. The Labute approximate surface area is 111 Å². The van der Waals surface area contributed by atoms with E-state index in [0.29, 0.717) is 24.4 Å². The van der Waals surface area contributed by atoms with Gasteiger partial charge in [-0.15, -0.1) is 0 Å². The molecule has 0 radical (unpaired) electrons. The van der Waals surface area contributed by atoms with Crippen LogP contribution in [0.25, 0.3) is 0 Å². The Balaban J connectivity index is 3.10. The molecule has 102 valence electrons. The van der Waals surface area contributed by atoms with Gasteiger partial charge in [-0.25, -0.2) is 0 Å². The second-order valence-corrected chi connectivity index (χ2v) is 5.33. The topological polar surface area (TPSA) is 38.5 Å². The number of nitrogens with zero attached hydrogens (tertiary/aromatic N) is 1. The van der Waals surface area contributed by atoms with E-state index in [1.807, 2.05) is 12.1 Å². The molecule has 0 fully saturated rings. The Morgan fingerprint density at radius 2 is 1.94 bits per heavy atom. The van der Waals surface area contributed by atoms with E-state index in [1.165, 1.54) is 5.56 Å². The first kappa shape index (κ1) is 15.0. The van der Waals surface area contributed by atoms with Gasteiger partial charge in [0.05, 0.1) is 7.11 Å². The van der Waals surface area contributed by atoms with Gasteiger partial charge in [-0.3, -0.25) is 0 Å². The number of nitrogens with two attached hydrogens (primary N) is 1. The van der Waals surface area contributed by atoms with Crippen LogP contribution in [0.15, 0.2) is 24.3 Å². The molecule has 1 rings (SSSR count). The average molecular weight is 250 g/mol. The summed E-state index contributed by atoms with van der Waals surface area (Å²) in [6.45, 7) is 5.15. The fraction of sp³-hybridized carbons (Fsp3) is 0.600. The summed E-state index contributed by atoms with van der Waals surface area (Å²) < 4.78 is 5.31. The summed E-state index contributed by atoms with van der Waals surface area (Å²) in [5.41, 5.74) is 7.23. The van der Waals surface area contributed by atoms with E-state index in [2.05, 4.69) is 45.0 Å². The van der Waals surface area contributed by atoms with Gasteiger partial charge in [-0.05, 0) is 50.2 Å². The number of hydrogen-bond acceptors (Lipinski definition) is 3. The summed E-state index contributed by atoms with van der Waals surface area (Å²) in [7, 11) is 5.91. The van der Waals surface area contributed by atoms with Crippen LogP contribution in [0.1, 0.15) is 25.5 Å². The minimum absolute atomic E-state index is 0.324. The maximum absolute atomic E-state index is 5.96. The molecule has 0 aliphatic carbocycles. The van der Waals surface area contributed by atoms with Crippen molar-refractivity contribution in [1.29, 1.82) is 0 Å². The zero-order valence-corrected chi connectivity index (χ0v) is 12.2. The third kappa shape index (κ3) is 3.47. The van der Waals surface area contributed by atoms with Crippen molar-refractivity contribution in [1.82, 2.24) is 4.90 Å². The predicted molar refractivity (Wildman–Crippen MR) is 76.8 cm³/mol. The van der Waals surface area contributed by atoms with Crippen molar-refractivity contribution in [3.63, 3.8) is 0 Å². The molecule has 0 amide bonds. The van der Waals surface area contributed by atoms with Crippen LogP contribution in [0.3, 0.4) is 0 Å². The van der Waals surface area contributed by atoms with Crippen molar-refractivity contribution in [3.05, 3.63) is 29.8 Å². The number of hydrogen-bond donors (Lipinski definition) is 1. The molecule has 0 saturated heterocycles. The SMILES string of the molecule is COc1cccc(C(C(CN)C(C)C)N(C)C)c1. The maximum atomic E-state index is 5.96. The van der Waals surface area contributed by atoms with Crippen LogP contribution < -0.4 is 10.5 Å². The minimum atomic E-state index is 0.324. The van der Waals surface area contributed by atoms with Crippen LogP contribution in [-0.2, 0) is 0 Å². The maximum Gasteiger partial charge on any atom is 0.119 e. The smallest absolute Gasteiger partial charge is 0.119 e. The van der Waals surface area contributed by atoms with Crippen LogP contribution in [0, 0.1) is 11.8 Å². The first-order chi connectivity index (χ1) is 8.51. The van der Waals surface area contributed by atoms with Crippen LogP contribution in [0.4, 0.5) is 0 Å². The van der Waals surface area contributed by atoms with Crippen molar-refractivity contribution in [2.45, 2.75) is 19.9 Å². The summed E-state index contributed by atoms with van der Waals surface area (Å²) >= 11 is 0. The first-order valence-corrected chi connectivity index (χ1v) is 6.51. The van der Waals surface area contributed by atoms with Gasteiger partial charge in [0.1, 0.15) is 5.75 Å². The highest BCUT2D eigenvalue weighted by Gasteiger charge is 2.26. The third-order valence-corrected chi connectivity index (χ3v) is 3.53. The quantitative estimate of drug-likeness (QED) is 0.843. The highest BCUT2D eigenvalue weighted by atomic mass is 16.5. The van der Waals surface area contributed by atoms with Gasteiger partial charge >= 0.3 is 0 Å². The normalized spacial score (nSPS) is 14.9. The Bertz CT molecular complexity index is 363. The second kappa shape index (κ2) is 6.76. The molecule has 18 heavy (non-hydrogen) atoms. The number of ether oxygens (including phenoxy) is 1. The Morgan fingerprint density at radius 3 is 2.39 bits per heavy atom. The summed E-state index contributed by atoms with van der Waals surface area (Å²) in [6, 6.07) is 8.60. The first-order valence-electron chi connectivity index (χ1n) is 6.51. The molecular weight excluding hydrogens is 224 g/mol. The molecule has 2 unspecified atom stereocenters. The van der Waals surface area contributed by atoms with Gasteiger partial charge in [-0.2, -0.15) is 0 Å². The van der Waals surface area contributed by atoms with Crippen LogP contribution in [-0.4, -0.2) is 32.6 Å². The van der Waals surface area contributed by atoms with Crippen LogP contribution in [0.5, 0.6) is 5.75 Å². The summed E-state index contributed by atoms with van der Waals surface area (Å²) in [5, 5.41) is 0. The minimum Gasteiger partial charge on any atom is -0.497 e. The van der Waals surface area contributed by atoms with Gasteiger partial charge in [-0.1, -0.05) is 26.0 Å². The monoisotopic (exact) mass is 250 g/mol. The fourth-order valence-electron chi connectivity index (χ4n) is 2.52. The lowest BCUT2D eigenvalue weighted by molar-refractivity contribution is 0.175. The number of rotatable bonds is 6. The van der Waals surface area contributed by atoms with Crippen molar-refractivity contribution in [3.8, 4) is 5.75 Å². The van der Waals surface area contributed by atoms with Gasteiger partial charge in [0.25, 0.3) is 0 Å². The molecule has 1 aromatic rings. The molecular formula is C15H26N2O. The van der Waals surface area contributed by atoms with E-state index < -0.39 is 0 Å². The molecule has 3 nitrogen and oxygen atoms in total. The van der Waals surface area contributed by atoms with Gasteiger partial charge in [0.2, 0.25) is 0 Å². The van der Waals surface area contributed by atoms with Crippen molar-refractivity contribution in [2.75, 3.05) is 27.7 Å². The van der Waals surface area contributed by atoms with Gasteiger partial charge in [0.15, 0.2) is 0 Å². The standard InChI is InChI=1S/C15H26N2O/c1-11(2)14(10-16)15(17(3)4)12-7-6-8-13(9-12)18-5/h6-9,11,14-15H,10,16H2,1-5H3. The highest BCUT2D eigenvalue weighted by Crippen LogP contribution is 2.32. The molecule has 0 spiro atoms. The lowest BCUT2D eigenvalue weighted by atomic mass is 9.84. The molecule has 0 bridgehead atoms. The molecule has 0 aliphatic rings. The lowest BCUT2D eigenvalue weighted by Gasteiger charge is -2.34. The highest BCUT2D eigenvalue weighted by molar-refractivity contribution is 5.31. The predicted octanol–water partition coefficient (Wildman–Crippen LogP) is 2.53. The Morgan fingerprint density at radius 1 is 1.28 bits per heavy atom. The molecule has 2 atom stereocenters. The molecule has 1 aromatic carbocycles. The summed E-state index contributed by atoms with van der Waals surface area (Å²) in [5.74, 6) is 1.89. The van der Waals surface area contributed by atoms with Crippen LogP contribution >= 0.6 is 0 Å². The Hall–Kier alpha value is -1.06. The largest absolute Gasteiger partial charge is 0.497 e. The van der Waals surface area contributed by atoms with Gasteiger partial charge in [0, 0.05) is 6.04 Å². The van der Waals surface area contributed by atoms with Crippen molar-refractivity contribution < 1.29 is 4.74 Å². The fourth-order valence-corrected chi connectivity index (χ4v) is 2.52. The molecule has 0 aliphatic heterocycles. The van der Waals surface area contributed by atoms with E-state index in [4.69, 9.17) is 10.5 Å². The third-order valence-electron chi connectivity index (χ3n) is 3.53. The zero-order valence-electron chi connectivity index (χ0n) is 12.2. The molecule has 0 saturated carbocycles. The summed E-state index contributed by atoms with van der Waals surface area (Å²) in [4.78, 5) is 2.24. The molecule has 3 heteroatoms. The van der Waals surface area contributed by atoms with E-state index >= 15 is 0 Å². The van der Waals surface area contributed by atoms with E-state index in [0.717, 1.165) is 5.75 Å². The van der Waals surface area contributed by atoms with E-state index in [9.17, 15) is 0 Å². The second-order valence-electron chi connectivity index (χ2n) is 5.33. The average Bonchev–Trinajstić information content (AvgIpc) is 2.34.